The number of rotatable bonds is 6. The summed E-state index contributed by atoms with van der Waals surface area (Å²) in [6.07, 6.45) is -2.90. The molecule has 0 atom stereocenters. The third kappa shape index (κ3) is 4.55. The van der Waals surface area contributed by atoms with E-state index in [1.54, 1.807) is 4.90 Å². The molecule has 108 valence electrons. The van der Waals surface area contributed by atoms with E-state index in [2.05, 4.69) is 9.97 Å². The summed E-state index contributed by atoms with van der Waals surface area (Å²) in [7, 11) is 0. The van der Waals surface area contributed by atoms with Gasteiger partial charge in [-0.2, -0.15) is 18.2 Å². The Morgan fingerprint density at radius 3 is 2.53 bits per heavy atom. The summed E-state index contributed by atoms with van der Waals surface area (Å²) in [5, 5.41) is 8.96. The van der Waals surface area contributed by atoms with Gasteiger partial charge in [-0.25, -0.2) is 4.98 Å². The molecule has 1 aromatic rings. The van der Waals surface area contributed by atoms with E-state index in [1.165, 1.54) is 0 Å². The van der Waals surface area contributed by atoms with Crippen LogP contribution in [0.2, 0.25) is 0 Å². The molecule has 0 fully saturated rings. The maximum Gasteiger partial charge on any atom is 0.433 e. The van der Waals surface area contributed by atoms with Gasteiger partial charge in [-0.1, -0.05) is 13.3 Å². The van der Waals surface area contributed by atoms with Crippen LogP contribution in [0.4, 0.5) is 24.9 Å². The number of hydrogen-bond donors (Lipinski definition) is 2. The first-order valence-electron chi connectivity index (χ1n) is 5.96. The molecule has 0 unspecified atom stereocenters. The van der Waals surface area contributed by atoms with Crippen LogP contribution in [0.3, 0.4) is 0 Å². The number of alkyl halides is 3. The van der Waals surface area contributed by atoms with Crippen LogP contribution in [-0.4, -0.2) is 34.8 Å². The van der Waals surface area contributed by atoms with E-state index in [4.69, 9.17) is 10.8 Å². The predicted molar refractivity (Wildman–Crippen MR) is 65.7 cm³/mol. The van der Waals surface area contributed by atoms with Crippen molar-refractivity contribution in [3.05, 3.63) is 11.8 Å². The van der Waals surface area contributed by atoms with E-state index in [1.807, 2.05) is 6.92 Å². The molecule has 0 aliphatic carbocycles. The molecule has 8 heteroatoms. The van der Waals surface area contributed by atoms with Gasteiger partial charge in [0, 0.05) is 19.2 Å². The van der Waals surface area contributed by atoms with E-state index in [0.717, 1.165) is 18.9 Å². The molecule has 0 saturated heterocycles. The molecule has 0 aliphatic rings. The lowest BCUT2D eigenvalue weighted by Crippen LogP contribution is -2.29. The van der Waals surface area contributed by atoms with Gasteiger partial charge in [-0.15, -0.1) is 0 Å². The molecule has 0 saturated carbocycles. The van der Waals surface area contributed by atoms with Crippen LogP contribution in [0.1, 0.15) is 25.5 Å². The summed E-state index contributed by atoms with van der Waals surface area (Å²) >= 11 is 0. The quantitative estimate of drug-likeness (QED) is 0.828. The number of hydrogen-bond acceptors (Lipinski definition) is 5. The van der Waals surface area contributed by atoms with Crippen molar-refractivity contribution < 1.29 is 18.3 Å². The Morgan fingerprint density at radius 2 is 2.00 bits per heavy atom. The number of halogens is 3. The molecular formula is C11H17F3N4O. The molecule has 0 spiro atoms. The van der Waals surface area contributed by atoms with Crippen LogP contribution < -0.4 is 10.6 Å². The monoisotopic (exact) mass is 278 g/mol. The topological polar surface area (TPSA) is 75.3 Å². The van der Waals surface area contributed by atoms with Crippen molar-refractivity contribution in [3.63, 3.8) is 0 Å². The molecule has 0 bridgehead atoms. The molecular weight excluding hydrogens is 261 g/mol. The summed E-state index contributed by atoms with van der Waals surface area (Å²) in [5.41, 5.74) is 4.23. The highest BCUT2D eigenvalue weighted by Gasteiger charge is 2.34. The summed E-state index contributed by atoms with van der Waals surface area (Å²) in [4.78, 5) is 8.55. The Morgan fingerprint density at radius 1 is 1.32 bits per heavy atom. The third-order valence-corrected chi connectivity index (χ3v) is 2.50. The summed E-state index contributed by atoms with van der Waals surface area (Å²) in [6, 6.07) is 0.849. The van der Waals surface area contributed by atoms with Crippen molar-refractivity contribution in [1.29, 1.82) is 0 Å². The number of aliphatic hydroxyl groups excluding tert-OH is 1. The Kier molecular flexibility index (Phi) is 5.34. The average Bonchev–Trinajstić information content (AvgIpc) is 2.32. The Balaban J connectivity index is 3.05. The minimum absolute atomic E-state index is 0.0855. The maximum atomic E-state index is 12.6. The lowest BCUT2D eigenvalue weighted by atomic mass is 10.3. The van der Waals surface area contributed by atoms with Crippen LogP contribution >= 0.6 is 0 Å². The summed E-state index contributed by atoms with van der Waals surface area (Å²) in [6.45, 7) is 2.50. The molecule has 0 aliphatic heterocycles. The molecule has 1 rings (SSSR count). The molecule has 3 N–H and O–H groups in total. The molecule has 0 aromatic carbocycles. The number of unbranched alkanes of at least 4 members (excludes halogenated alkanes) is 1. The third-order valence-electron chi connectivity index (χ3n) is 2.50. The normalized spacial score (nSPS) is 11.6. The highest BCUT2D eigenvalue weighted by Crippen LogP contribution is 2.30. The van der Waals surface area contributed by atoms with Crippen LogP contribution in [0.5, 0.6) is 0 Å². The zero-order chi connectivity index (χ0) is 14.5. The minimum atomic E-state index is -4.57. The van der Waals surface area contributed by atoms with Crippen molar-refractivity contribution in [1.82, 2.24) is 9.97 Å². The lowest BCUT2D eigenvalue weighted by Gasteiger charge is -2.23. The zero-order valence-corrected chi connectivity index (χ0v) is 10.6. The molecule has 0 radical (unpaired) electrons. The largest absolute Gasteiger partial charge is 0.433 e. The van der Waals surface area contributed by atoms with E-state index < -0.39 is 17.8 Å². The summed E-state index contributed by atoms with van der Waals surface area (Å²) < 4.78 is 37.9. The smallest absolute Gasteiger partial charge is 0.395 e. The summed E-state index contributed by atoms with van der Waals surface area (Å²) in [5.74, 6) is -0.341. The van der Waals surface area contributed by atoms with E-state index in [9.17, 15) is 13.2 Å². The van der Waals surface area contributed by atoms with Crippen molar-refractivity contribution in [3.8, 4) is 0 Å². The van der Waals surface area contributed by atoms with Gasteiger partial charge in [-0.05, 0) is 6.42 Å². The second-order valence-corrected chi connectivity index (χ2v) is 4.03. The van der Waals surface area contributed by atoms with Gasteiger partial charge in [0.1, 0.15) is 5.82 Å². The van der Waals surface area contributed by atoms with Gasteiger partial charge in [0.05, 0.1) is 6.61 Å². The van der Waals surface area contributed by atoms with Gasteiger partial charge >= 0.3 is 6.18 Å². The van der Waals surface area contributed by atoms with Gasteiger partial charge in [0.25, 0.3) is 0 Å². The number of aliphatic hydroxyl groups is 1. The number of nitrogens with two attached hydrogens (primary N) is 1. The number of nitrogens with zero attached hydrogens (tertiary/aromatic N) is 3. The van der Waals surface area contributed by atoms with Crippen LogP contribution in [0, 0.1) is 0 Å². The van der Waals surface area contributed by atoms with E-state index in [0.29, 0.717) is 6.54 Å². The maximum absolute atomic E-state index is 12.6. The van der Waals surface area contributed by atoms with Gasteiger partial charge in [-0.3, -0.25) is 0 Å². The highest BCUT2D eigenvalue weighted by atomic mass is 19.4. The van der Waals surface area contributed by atoms with Crippen molar-refractivity contribution in [2.75, 3.05) is 30.3 Å². The van der Waals surface area contributed by atoms with Gasteiger partial charge in [0.15, 0.2) is 5.69 Å². The van der Waals surface area contributed by atoms with E-state index >= 15 is 0 Å². The molecule has 1 aromatic heterocycles. The first kappa shape index (κ1) is 15.5. The predicted octanol–water partition coefficient (Wildman–Crippen LogP) is 1.68. The number of anilines is 2. The molecule has 0 amide bonds. The first-order chi connectivity index (χ1) is 8.88. The highest BCUT2D eigenvalue weighted by molar-refractivity contribution is 5.44. The second-order valence-electron chi connectivity index (χ2n) is 4.03. The van der Waals surface area contributed by atoms with Gasteiger partial charge < -0.3 is 15.7 Å². The second kappa shape index (κ2) is 6.55. The number of aromatic nitrogens is 2. The zero-order valence-electron chi connectivity index (χ0n) is 10.6. The SMILES string of the molecule is CCCCN(CCO)c1cc(C(F)(F)F)nc(N)n1. The first-order valence-corrected chi connectivity index (χ1v) is 5.96. The van der Waals surface area contributed by atoms with Crippen molar-refractivity contribution in [2.24, 2.45) is 0 Å². The van der Waals surface area contributed by atoms with Crippen LogP contribution in [0.15, 0.2) is 6.07 Å². The number of nitrogen functional groups attached to an aromatic ring is 1. The van der Waals surface area contributed by atoms with Gasteiger partial charge in [0.2, 0.25) is 5.95 Å². The fraction of sp³-hybridized carbons (Fsp3) is 0.636. The van der Waals surface area contributed by atoms with Crippen LogP contribution in [0.25, 0.3) is 0 Å². The molecule has 1 heterocycles. The lowest BCUT2D eigenvalue weighted by molar-refractivity contribution is -0.141. The van der Waals surface area contributed by atoms with Crippen molar-refractivity contribution >= 4 is 11.8 Å². The van der Waals surface area contributed by atoms with Crippen molar-refractivity contribution in [2.45, 2.75) is 25.9 Å². The Hall–Kier alpha value is -1.57. The fourth-order valence-electron chi connectivity index (χ4n) is 1.57. The minimum Gasteiger partial charge on any atom is -0.395 e. The van der Waals surface area contributed by atoms with Crippen LogP contribution in [-0.2, 0) is 6.18 Å². The fourth-order valence-corrected chi connectivity index (χ4v) is 1.57. The Labute approximate surface area is 109 Å². The molecule has 5 nitrogen and oxygen atoms in total. The molecule has 19 heavy (non-hydrogen) atoms. The standard InChI is InChI=1S/C11H17F3N4O/c1-2-3-4-18(5-6-19)9-7-8(11(12,13)14)16-10(15)17-9/h7,19H,2-6H2,1H3,(H2,15,16,17). The van der Waals surface area contributed by atoms with E-state index in [-0.39, 0.29) is 19.0 Å². The average molecular weight is 278 g/mol. The Bertz CT molecular complexity index is 411.